The fourth-order valence-electron chi connectivity index (χ4n) is 0.443. The molecule has 0 saturated heterocycles. The molecule has 0 aliphatic heterocycles. The average Bonchev–Trinajstić information content (AvgIpc) is 1.97. The van der Waals surface area contributed by atoms with Crippen molar-refractivity contribution in [3.05, 3.63) is 12.2 Å². The summed E-state index contributed by atoms with van der Waals surface area (Å²) < 4.78 is 4.76. The molecule has 0 atom stereocenters. The van der Waals surface area contributed by atoms with Gasteiger partial charge >= 0.3 is 5.97 Å². The van der Waals surface area contributed by atoms with Crippen molar-refractivity contribution in [2.45, 2.75) is 20.3 Å². The molecular weight excluding hydrogens is 140 g/mol. The van der Waals surface area contributed by atoms with Gasteiger partial charge in [-0.15, -0.1) is 11.8 Å². The highest BCUT2D eigenvalue weighted by Gasteiger charge is 2.00. The summed E-state index contributed by atoms with van der Waals surface area (Å²) in [5.74, 6) is 5.15. The number of ether oxygens (including phenoxy) is 1. The third-order valence-electron chi connectivity index (χ3n) is 0.985. The number of hydrogen-bond acceptors (Lipinski definition) is 2. The summed E-state index contributed by atoms with van der Waals surface area (Å²) in [6, 6.07) is 0. The second-order valence-electron chi connectivity index (χ2n) is 2.09. The Labute approximate surface area is 67.2 Å². The number of carbonyl (C=O) groups excluding carboxylic acids is 1. The second kappa shape index (κ2) is 5.55. The summed E-state index contributed by atoms with van der Waals surface area (Å²) in [6.45, 7) is 7.17. The molecule has 0 heterocycles. The SMILES string of the molecule is C=C(C)C(=O)OCCC#CC. The highest BCUT2D eigenvalue weighted by molar-refractivity contribution is 5.86. The molecule has 0 aromatic heterocycles. The zero-order valence-electron chi connectivity index (χ0n) is 6.94. The van der Waals surface area contributed by atoms with Crippen molar-refractivity contribution in [3.63, 3.8) is 0 Å². The lowest BCUT2D eigenvalue weighted by molar-refractivity contribution is -0.138. The van der Waals surface area contributed by atoms with E-state index in [4.69, 9.17) is 4.74 Å². The van der Waals surface area contributed by atoms with E-state index in [1.54, 1.807) is 13.8 Å². The van der Waals surface area contributed by atoms with Gasteiger partial charge < -0.3 is 4.74 Å². The molecule has 0 unspecified atom stereocenters. The number of hydrogen-bond donors (Lipinski definition) is 0. The van der Waals surface area contributed by atoms with E-state index < -0.39 is 0 Å². The van der Waals surface area contributed by atoms with Crippen molar-refractivity contribution < 1.29 is 9.53 Å². The Morgan fingerprint density at radius 2 is 2.27 bits per heavy atom. The third-order valence-corrected chi connectivity index (χ3v) is 0.985. The summed E-state index contributed by atoms with van der Waals surface area (Å²) in [7, 11) is 0. The average molecular weight is 152 g/mol. The van der Waals surface area contributed by atoms with E-state index in [9.17, 15) is 4.79 Å². The lowest BCUT2D eigenvalue weighted by Gasteiger charge is -1.99. The van der Waals surface area contributed by atoms with Crippen molar-refractivity contribution >= 4 is 5.97 Å². The van der Waals surface area contributed by atoms with E-state index >= 15 is 0 Å². The molecule has 0 aliphatic rings. The predicted molar refractivity (Wildman–Crippen MR) is 43.8 cm³/mol. The quantitative estimate of drug-likeness (QED) is 0.265. The molecule has 0 spiro atoms. The highest BCUT2D eigenvalue weighted by atomic mass is 16.5. The van der Waals surface area contributed by atoms with Gasteiger partial charge in [0.25, 0.3) is 0 Å². The van der Waals surface area contributed by atoms with Gasteiger partial charge in [-0.05, 0) is 13.8 Å². The zero-order chi connectivity index (χ0) is 8.69. The molecule has 0 aromatic carbocycles. The van der Waals surface area contributed by atoms with Gasteiger partial charge in [-0.1, -0.05) is 6.58 Å². The Morgan fingerprint density at radius 1 is 1.64 bits per heavy atom. The second-order valence-corrected chi connectivity index (χ2v) is 2.09. The summed E-state index contributed by atoms with van der Waals surface area (Å²) >= 11 is 0. The first-order chi connectivity index (χ1) is 5.18. The Bertz CT molecular complexity index is 205. The molecule has 0 bridgehead atoms. The van der Waals surface area contributed by atoms with Gasteiger partial charge in [0, 0.05) is 12.0 Å². The van der Waals surface area contributed by atoms with Crippen LogP contribution in [0.5, 0.6) is 0 Å². The van der Waals surface area contributed by atoms with E-state index in [1.165, 1.54) is 0 Å². The lowest BCUT2D eigenvalue weighted by Crippen LogP contribution is -2.05. The molecule has 0 saturated carbocycles. The normalized spacial score (nSPS) is 7.82. The molecular formula is C9H12O2. The molecule has 2 heteroatoms. The molecule has 0 aliphatic carbocycles. The Balaban J connectivity index is 3.45. The highest BCUT2D eigenvalue weighted by Crippen LogP contribution is 1.92. The third kappa shape index (κ3) is 5.23. The maximum atomic E-state index is 10.7. The fraction of sp³-hybridized carbons (Fsp3) is 0.444. The smallest absolute Gasteiger partial charge is 0.333 e. The minimum Gasteiger partial charge on any atom is -0.461 e. The minimum atomic E-state index is -0.345. The monoisotopic (exact) mass is 152 g/mol. The molecule has 0 radical (unpaired) electrons. The van der Waals surface area contributed by atoms with Crippen LogP contribution in [0.25, 0.3) is 0 Å². The molecule has 0 amide bonds. The van der Waals surface area contributed by atoms with E-state index in [1.807, 2.05) is 0 Å². The first-order valence-electron chi connectivity index (χ1n) is 3.40. The molecule has 0 fully saturated rings. The van der Waals surface area contributed by atoms with E-state index in [2.05, 4.69) is 18.4 Å². The van der Waals surface area contributed by atoms with Gasteiger partial charge in [-0.25, -0.2) is 4.79 Å². The first kappa shape index (κ1) is 9.77. The van der Waals surface area contributed by atoms with Crippen molar-refractivity contribution in [3.8, 4) is 11.8 Å². The van der Waals surface area contributed by atoms with Crippen molar-refractivity contribution in [1.29, 1.82) is 0 Å². The van der Waals surface area contributed by atoms with Crippen LogP contribution in [-0.4, -0.2) is 12.6 Å². The number of rotatable bonds is 3. The molecule has 0 aromatic rings. The summed E-state index contributed by atoms with van der Waals surface area (Å²) in [5, 5.41) is 0. The van der Waals surface area contributed by atoms with Gasteiger partial charge in [0.15, 0.2) is 0 Å². The molecule has 0 rings (SSSR count). The van der Waals surface area contributed by atoms with Gasteiger partial charge in [0.2, 0.25) is 0 Å². The van der Waals surface area contributed by atoms with Crippen LogP contribution >= 0.6 is 0 Å². The maximum absolute atomic E-state index is 10.7. The topological polar surface area (TPSA) is 26.3 Å². The maximum Gasteiger partial charge on any atom is 0.333 e. The summed E-state index contributed by atoms with van der Waals surface area (Å²) in [5.41, 5.74) is 0.425. The van der Waals surface area contributed by atoms with Crippen LogP contribution in [0.2, 0.25) is 0 Å². The van der Waals surface area contributed by atoms with Crippen LogP contribution in [0.4, 0.5) is 0 Å². The van der Waals surface area contributed by atoms with Crippen molar-refractivity contribution in [2.75, 3.05) is 6.61 Å². The van der Waals surface area contributed by atoms with Crippen molar-refractivity contribution in [1.82, 2.24) is 0 Å². The Morgan fingerprint density at radius 3 is 2.73 bits per heavy atom. The minimum absolute atomic E-state index is 0.345. The van der Waals surface area contributed by atoms with Gasteiger partial charge in [-0.3, -0.25) is 0 Å². The van der Waals surface area contributed by atoms with Crippen LogP contribution in [0.3, 0.4) is 0 Å². The largest absolute Gasteiger partial charge is 0.461 e. The fourth-order valence-corrected chi connectivity index (χ4v) is 0.443. The molecule has 11 heavy (non-hydrogen) atoms. The van der Waals surface area contributed by atoms with Crippen LogP contribution in [0, 0.1) is 11.8 Å². The van der Waals surface area contributed by atoms with Gasteiger partial charge in [0.05, 0.1) is 0 Å². The molecule has 0 N–H and O–H groups in total. The lowest BCUT2D eigenvalue weighted by atomic mass is 10.4. The first-order valence-corrected chi connectivity index (χ1v) is 3.40. The van der Waals surface area contributed by atoms with Crippen LogP contribution in [0.15, 0.2) is 12.2 Å². The van der Waals surface area contributed by atoms with Gasteiger partial charge in [0.1, 0.15) is 6.61 Å². The van der Waals surface area contributed by atoms with E-state index in [0.29, 0.717) is 18.6 Å². The van der Waals surface area contributed by atoms with Crippen molar-refractivity contribution in [2.24, 2.45) is 0 Å². The summed E-state index contributed by atoms with van der Waals surface area (Å²) in [6.07, 6.45) is 0.593. The summed E-state index contributed by atoms with van der Waals surface area (Å²) in [4.78, 5) is 10.7. The van der Waals surface area contributed by atoms with Crippen LogP contribution in [-0.2, 0) is 9.53 Å². The van der Waals surface area contributed by atoms with Gasteiger partial charge in [-0.2, -0.15) is 0 Å². The van der Waals surface area contributed by atoms with Crippen LogP contribution < -0.4 is 0 Å². The molecule has 60 valence electrons. The molecule has 2 nitrogen and oxygen atoms in total. The number of carbonyl (C=O) groups is 1. The number of esters is 1. The predicted octanol–water partition coefficient (Wildman–Crippen LogP) is 1.52. The Kier molecular flexibility index (Phi) is 4.93. The standard InChI is InChI=1S/C9H12O2/c1-4-5-6-7-11-9(10)8(2)3/h2,6-7H2,1,3H3. The van der Waals surface area contributed by atoms with E-state index in [0.717, 1.165) is 0 Å². The Hall–Kier alpha value is -1.23. The van der Waals surface area contributed by atoms with Crippen LogP contribution in [0.1, 0.15) is 20.3 Å². The van der Waals surface area contributed by atoms with E-state index in [-0.39, 0.29) is 5.97 Å². The zero-order valence-corrected chi connectivity index (χ0v) is 6.94.